The van der Waals surface area contributed by atoms with Gasteiger partial charge in [-0.05, 0) is 49.2 Å². The first kappa shape index (κ1) is 14.6. The van der Waals surface area contributed by atoms with E-state index in [0.717, 1.165) is 17.7 Å². The van der Waals surface area contributed by atoms with Crippen LogP contribution in [0.5, 0.6) is 0 Å². The molecule has 2 aromatic rings. The topological polar surface area (TPSA) is 12.0 Å². The van der Waals surface area contributed by atoms with Crippen LogP contribution in [0.25, 0.3) is 0 Å². The zero-order chi connectivity index (χ0) is 14.5. The molecule has 0 fully saturated rings. The molecule has 0 bridgehead atoms. The Balaban J connectivity index is 1.92. The number of nitrogens with one attached hydrogen (secondary N) is 1. The molecule has 1 atom stereocenters. The van der Waals surface area contributed by atoms with Gasteiger partial charge in [0.1, 0.15) is 17.5 Å². The van der Waals surface area contributed by atoms with Crippen LogP contribution >= 0.6 is 0 Å². The summed E-state index contributed by atoms with van der Waals surface area (Å²) in [5.41, 5.74) is 1.15. The van der Waals surface area contributed by atoms with Gasteiger partial charge in [-0.25, -0.2) is 13.2 Å². The first-order valence-electron chi connectivity index (χ1n) is 6.46. The SMILES string of the molecule is CC(Cc1cccc(F)c1)NCc1cc(F)ccc1F. The Hall–Kier alpha value is -1.81. The average molecular weight is 279 g/mol. The highest BCUT2D eigenvalue weighted by atomic mass is 19.1. The van der Waals surface area contributed by atoms with Gasteiger partial charge in [0.25, 0.3) is 0 Å². The van der Waals surface area contributed by atoms with E-state index in [0.29, 0.717) is 6.42 Å². The van der Waals surface area contributed by atoms with Crippen molar-refractivity contribution in [3.63, 3.8) is 0 Å². The van der Waals surface area contributed by atoms with Gasteiger partial charge in [-0.15, -0.1) is 0 Å². The Kier molecular flexibility index (Phi) is 4.79. The predicted molar refractivity (Wildman–Crippen MR) is 72.8 cm³/mol. The molecular formula is C16H16F3N. The Morgan fingerprint density at radius 3 is 2.50 bits per heavy atom. The summed E-state index contributed by atoms with van der Waals surface area (Å²) in [4.78, 5) is 0. The Morgan fingerprint density at radius 2 is 1.75 bits per heavy atom. The molecule has 1 nitrogen and oxygen atoms in total. The van der Waals surface area contributed by atoms with Gasteiger partial charge in [-0.2, -0.15) is 0 Å². The molecule has 2 rings (SSSR count). The second kappa shape index (κ2) is 6.57. The number of rotatable bonds is 5. The lowest BCUT2D eigenvalue weighted by Crippen LogP contribution is -2.28. The van der Waals surface area contributed by atoms with Crippen LogP contribution in [0.2, 0.25) is 0 Å². The molecule has 0 radical (unpaired) electrons. The molecule has 0 aromatic heterocycles. The molecule has 0 heterocycles. The summed E-state index contributed by atoms with van der Waals surface area (Å²) in [7, 11) is 0. The lowest BCUT2D eigenvalue weighted by Gasteiger charge is -2.14. The highest BCUT2D eigenvalue weighted by molar-refractivity contribution is 5.19. The Bertz CT molecular complexity index is 584. The Labute approximate surface area is 116 Å². The molecule has 0 spiro atoms. The second-order valence-electron chi connectivity index (χ2n) is 4.85. The van der Waals surface area contributed by atoms with Gasteiger partial charge < -0.3 is 5.32 Å². The fraction of sp³-hybridized carbons (Fsp3) is 0.250. The lowest BCUT2D eigenvalue weighted by atomic mass is 10.1. The van der Waals surface area contributed by atoms with Crippen LogP contribution in [0.3, 0.4) is 0 Å². The molecule has 1 unspecified atom stereocenters. The van der Waals surface area contributed by atoms with E-state index in [4.69, 9.17) is 0 Å². The minimum atomic E-state index is -0.457. The Morgan fingerprint density at radius 1 is 1.00 bits per heavy atom. The maximum absolute atomic E-state index is 13.4. The smallest absolute Gasteiger partial charge is 0.127 e. The van der Waals surface area contributed by atoms with Crippen molar-refractivity contribution >= 4 is 0 Å². The molecular weight excluding hydrogens is 263 g/mol. The predicted octanol–water partition coefficient (Wildman–Crippen LogP) is 3.82. The molecule has 0 amide bonds. The third-order valence-electron chi connectivity index (χ3n) is 3.08. The van der Waals surface area contributed by atoms with E-state index < -0.39 is 11.6 Å². The number of hydrogen-bond acceptors (Lipinski definition) is 1. The summed E-state index contributed by atoms with van der Waals surface area (Å²) in [6.07, 6.45) is 0.620. The van der Waals surface area contributed by atoms with Crippen LogP contribution < -0.4 is 5.32 Å². The van der Waals surface area contributed by atoms with E-state index >= 15 is 0 Å². The third-order valence-corrected chi connectivity index (χ3v) is 3.08. The van der Waals surface area contributed by atoms with E-state index in [1.165, 1.54) is 18.2 Å². The van der Waals surface area contributed by atoms with Crippen LogP contribution in [0, 0.1) is 17.5 Å². The zero-order valence-corrected chi connectivity index (χ0v) is 11.2. The molecule has 0 aliphatic heterocycles. The van der Waals surface area contributed by atoms with Crippen molar-refractivity contribution in [1.29, 1.82) is 0 Å². The fourth-order valence-corrected chi connectivity index (χ4v) is 2.05. The average Bonchev–Trinajstić information content (AvgIpc) is 2.40. The van der Waals surface area contributed by atoms with E-state index in [1.807, 2.05) is 13.0 Å². The van der Waals surface area contributed by atoms with Crippen molar-refractivity contribution in [2.24, 2.45) is 0 Å². The van der Waals surface area contributed by atoms with Gasteiger partial charge in [-0.1, -0.05) is 12.1 Å². The van der Waals surface area contributed by atoms with Crippen molar-refractivity contribution in [3.8, 4) is 0 Å². The molecule has 20 heavy (non-hydrogen) atoms. The summed E-state index contributed by atoms with van der Waals surface area (Å²) in [5, 5.41) is 3.11. The van der Waals surface area contributed by atoms with Gasteiger partial charge in [0.2, 0.25) is 0 Å². The van der Waals surface area contributed by atoms with Crippen LogP contribution in [-0.4, -0.2) is 6.04 Å². The second-order valence-corrected chi connectivity index (χ2v) is 4.85. The normalized spacial score (nSPS) is 12.4. The summed E-state index contributed by atoms with van der Waals surface area (Å²) < 4.78 is 39.5. The standard InChI is InChI=1S/C16H16F3N/c1-11(7-12-3-2-4-14(17)8-12)20-10-13-9-15(18)5-6-16(13)19/h2-6,8-9,11,20H,7,10H2,1H3. The lowest BCUT2D eigenvalue weighted by molar-refractivity contribution is 0.518. The van der Waals surface area contributed by atoms with Gasteiger partial charge >= 0.3 is 0 Å². The number of hydrogen-bond donors (Lipinski definition) is 1. The molecule has 106 valence electrons. The maximum Gasteiger partial charge on any atom is 0.127 e. The van der Waals surface area contributed by atoms with Gasteiger partial charge in [0.05, 0.1) is 0 Å². The van der Waals surface area contributed by atoms with E-state index in [-0.39, 0.29) is 24.0 Å². The minimum Gasteiger partial charge on any atom is -0.310 e. The summed E-state index contributed by atoms with van der Waals surface area (Å²) >= 11 is 0. The van der Waals surface area contributed by atoms with Crippen molar-refractivity contribution in [2.45, 2.75) is 25.9 Å². The van der Waals surface area contributed by atoms with Crippen LogP contribution in [0.1, 0.15) is 18.1 Å². The summed E-state index contributed by atoms with van der Waals surface area (Å²) in [5.74, 6) is -1.16. The highest BCUT2D eigenvalue weighted by Gasteiger charge is 2.07. The molecule has 0 aliphatic rings. The maximum atomic E-state index is 13.4. The monoisotopic (exact) mass is 279 g/mol. The van der Waals surface area contributed by atoms with Crippen molar-refractivity contribution in [3.05, 3.63) is 71.0 Å². The highest BCUT2D eigenvalue weighted by Crippen LogP contribution is 2.11. The summed E-state index contributed by atoms with van der Waals surface area (Å²) in [6.45, 7) is 2.15. The molecule has 1 N–H and O–H groups in total. The van der Waals surface area contributed by atoms with Crippen LogP contribution in [-0.2, 0) is 13.0 Å². The fourth-order valence-electron chi connectivity index (χ4n) is 2.05. The zero-order valence-electron chi connectivity index (χ0n) is 11.2. The minimum absolute atomic E-state index is 0.0273. The number of benzene rings is 2. The number of halogens is 3. The molecule has 0 saturated heterocycles. The largest absolute Gasteiger partial charge is 0.310 e. The van der Waals surface area contributed by atoms with Crippen molar-refractivity contribution < 1.29 is 13.2 Å². The van der Waals surface area contributed by atoms with Crippen molar-refractivity contribution in [1.82, 2.24) is 5.32 Å². The van der Waals surface area contributed by atoms with Gasteiger partial charge in [0, 0.05) is 18.2 Å². The van der Waals surface area contributed by atoms with E-state index in [2.05, 4.69) is 5.32 Å². The van der Waals surface area contributed by atoms with Crippen molar-refractivity contribution in [2.75, 3.05) is 0 Å². The molecule has 0 aliphatic carbocycles. The first-order valence-corrected chi connectivity index (χ1v) is 6.46. The molecule has 4 heteroatoms. The van der Waals surface area contributed by atoms with Gasteiger partial charge in [0.15, 0.2) is 0 Å². The molecule has 0 saturated carbocycles. The first-order chi connectivity index (χ1) is 9.54. The van der Waals surface area contributed by atoms with Crippen LogP contribution in [0.4, 0.5) is 13.2 Å². The van der Waals surface area contributed by atoms with Gasteiger partial charge in [-0.3, -0.25) is 0 Å². The quantitative estimate of drug-likeness (QED) is 0.877. The molecule has 2 aromatic carbocycles. The van der Waals surface area contributed by atoms with Crippen LogP contribution in [0.15, 0.2) is 42.5 Å². The third kappa shape index (κ3) is 4.10. The van der Waals surface area contributed by atoms with E-state index in [9.17, 15) is 13.2 Å². The summed E-state index contributed by atoms with van der Waals surface area (Å²) in [6, 6.07) is 9.77. The van der Waals surface area contributed by atoms with E-state index in [1.54, 1.807) is 6.07 Å².